The molecule has 2 heterocycles. The quantitative estimate of drug-likeness (QED) is 0.522. The lowest BCUT2D eigenvalue weighted by Gasteiger charge is -2.03. The number of thiocarbonyl (C=S) groups is 1. The average molecular weight is 245 g/mol. The summed E-state index contributed by atoms with van der Waals surface area (Å²) in [4.78, 5) is 22.3. The zero-order valence-electron chi connectivity index (χ0n) is 9.02. The van der Waals surface area contributed by atoms with Gasteiger partial charge in [0.05, 0.1) is 6.54 Å². The van der Waals surface area contributed by atoms with E-state index in [1.807, 2.05) is 0 Å². The summed E-state index contributed by atoms with van der Waals surface area (Å²) >= 11 is 4.71. The molecule has 2 rings (SSSR count). The zero-order chi connectivity index (χ0) is 12.1. The molecule has 0 spiro atoms. The van der Waals surface area contributed by atoms with Crippen molar-refractivity contribution < 1.29 is 14.7 Å². The minimum atomic E-state index is -0.720. The molecule has 0 aromatic carbocycles. The van der Waals surface area contributed by atoms with Gasteiger partial charge in [-0.15, -0.1) is 0 Å². The highest BCUT2D eigenvalue weighted by Crippen LogP contribution is 2.03. The molecule has 90 valence electrons. The van der Waals surface area contributed by atoms with Crippen LogP contribution in [0.5, 0.6) is 0 Å². The SMILES string of the molecule is CN1CC(=O)NC1=S.O=C(O)C1CCCN1. The van der Waals surface area contributed by atoms with Crippen molar-refractivity contribution in [3.63, 3.8) is 0 Å². The highest BCUT2D eigenvalue weighted by atomic mass is 32.1. The smallest absolute Gasteiger partial charge is 0.320 e. The second-order valence-corrected chi connectivity index (χ2v) is 4.08. The van der Waals surface area contributed by atoms with Crippen LogP contribution in [0.1, 0.15) is 12.8 Å². The number of carboxylic acid groups (broad SMARTS) is 1. The van der Waals surface area contributed by atoms with E-state index >= 15 is 0 Å². The van der Waals surface area contributed by atoms with Crippen LogP contribution >= 0.6 is 12.2 Å². The lowest BCUT2D eigenvalue weighted by atomic mass is 10.2. The summed E-state index contributed by atoms with van der Waals surface area (Å²) in [6, 6.07) is -0.269. The molecule has 7 heteroatoms. The minimum absolute atomic E-state index is 0.0162. The number of aliphatic carboxylic acids is 1. The Bertz CT molecular complexity index is 302. The first-order valence-corrected chi connectivity index (χ1v) is 5.42. The van der Waals surface area contributed by atoms with Crippen LogP contribution in [-0.4, -0.2) is 53.2 Å². The van der Waals surface area contributed by atoms with Crippen molar-refractivity contribution in [2.45, 2.75) is 18.9 Å². The van der Waals surface area contributed by atoms with E-state index in [0.29, 0.717) is 11.7 Å². The molecule has 0 aromatic heterocycles. The Labute approximate surface area is 99.0 Å². The fourth-order valence-corrected chi connectivity index (χ4v) is 1.62. The van der Waals surface area contributed by atoms with E-state index in [2.05, 4.69) is 10.6 Å². The van der Waals surface area contributed by atoms with E-state index in [1.165, 1.54) is 0 Å². The standard InChI is InChI=1S/C5H9NO2.C4H6N2OS/c7-5(8)4-2-1-3-6-4;1-6-2-3(7)5-4(6)8/h4,6H,1-3H2,(H,7,8);2H2,1H3,(H,5,7,8). The maximum absolute atomic E-state index is 10.4. The maximum atomic E-state index is 10.4. The molecule has 0 saturated carbocycles. The normalized spacial score (nSPS) is 23.8. The van der Waals surface area contributed by atoms with Gasteiger partial charge < -0.3 is 20.6 Å². The topological polar surface area (TPSA) is 81.7 Å². The summed E-state index contributed by atoms with van der Waals surface area (Å²) < 4.78 is 0. The molecular weight excluding hydrogens is 230 g/mol. The average Bonchev–Trinajstić information content (AvgIpc) is 2.78. The van der Waals surface area contributed by atoms with Crippen LogP contribution in [0.2, 0.25) is 0 Å². The molecule has 1 unspecified atom stereocenters. The van der Waals surface area contributed by atoms with Gasteiger partial charge in [-0.2, -0.15) is 0 Å². The molecule has 0 bridgehead atoms. The summed E-state index contributed by atoms with van der Waals surface area (Å²) in [5, 5.41) is 14.2. The van der Waals surface area contributed by atoms with Gasteiger partial charge in [0.25, 0.3) is 0 Å². The molecule has 2 aliphatic heterocycles. The van der Waals surface area contributed by atoms with Crippen molar-refractivity contribution in [1.29, 1.82) is 0 Å². The third-order valence-corrected chi connectivity index (χ3v) is 2.75. The van der Waals surface area contributed by atoms with Crippen molar-refractivity contribution in [3.8, 4) is 0 Å². The fourth-order valence-electron chi connectivity index (χ4n) is 1.44. The van der Waals surface area contributed by atoms with E-state index < -0.39 is 5.97 Å². The Morgan fingerprint density at radius 3 is 2.50 bits per heavy atom. The predicted molar refractivity (Wildman–Crippen MR) is 62.0 cm³/mol. The van der Waals surface area contributed by atoms with Crippen LogP contribution in [0.15, 0.2) is 0 Å². The molecule has 1 amide bonds. The summed E-state index contributed by atoms with van der Waals surface area (Å²) in [6.45, 7) is 1.26. The van der Waals surface area contributed by atoms with E-state index in [0.717, 1.165) is 19.4 Å². The number of nitrogens with one attached hydrogen (secondary N) is 2. The van der Waals surface area contributed by atoms with Gasteiger partial charge in [0.2, 0.25) is 5.91 Å². The van der Waals surface area contributed by atoms with Gasteiger partial charge in [0.1, 0.15) is 6.04 Å². The summed E-state index contributed by atoms with van der Waals surface area (Å²) in [6.07, 6.45) is 1.78. The Hall–Kier alpha value is -1.21. The zero-order valence-corrected chi connectivity index (χ0v) is 9.84. The van der Waals surface area contributed by atoms with E-state index in [9.17, 15) is 9.59 Å². The molecule has 6 nitrogen and oxygen atoms in total. The van der Waals surface area contributed by atoms with E-state index in [4.69, 9.17) is 17.3 Å². The molecular formula is C9H15N3O3S. The van der Waals surface area contributed by atoms with Crippen LogP contribution in [-0.2, 0) is 9.59 Å². The second-order valence-electron chi connectivity index (χ2n) is 3.70. The van der Waals surface area contributed by atoms with Gasteiger partial charge in [-0.05, 0) is 31.6 Å². The largest absolute Gasteiger partial charge is 0.480 e. The maximum Gasteiger partial charge on any atom is 0.320 e. The number of carboxylic acids is 1. The third kappa shape index (κ3) is 3.74. The first-order chi connectivity index (χ1) is 7.50. The number of hydrogen-bond donors (Lipinski definition) is 3. The van der Waals surface area contributed by atoms with Crippen LogP contribution in [0.25, 0.3) is 0 Å². The molecule has 2 aliphatic rings. The van der Waals surface area contributed by atoms with Gasteiger partial charge in [0, 0.05) is 7.05 Å². The number of carbonyl (C=O) groups is 2. The monoisotopic (exact) mass is 245 g/mol. The first-order valence-electron chi connectivity index (χ1n) is 5.02. The number of amides is 1. The molecule has 2 saturated heterocycles. The Kier molecular flexibility index (Phi) is 4.63. The second kappa shape index (κ2) is 5.76. The molecule has 2 fully saturated rings. The predicted octanol–water partition coefficient (Wildman–Crippen LogP) is -0.844. The first kappa shape index (κ1) is 12.9. The van der Waals surface area contributed by atoms with Gasteiger partial charge >= 0.3 is 5.97 Å². The van der Waals surface area contributed by atoms with E-state index in [-0.39, 0.29) is 11.9 Å². The minimum Gasteiger partial charge on any atom is -0.480 e. The highest BCUT2D eigenvalue weighted by Gasteiger charge is 2.20. The molecule has 1 atom stereocenters. The van der Waals surface area contributed by atoms with Crippen LogP contribution in [0.4, 0.5) is 0 Å². The van der Waals surface area contributed by atoms with Crippen LogP contribution < -0.4 is 10.6 Å². The van der Waals surface area contributed by atoms with Crippen LogP contribution in [0.3, 0.4) is 0 Å². The number of carbonyl (C=O) groups excluding carboxylic acids is 1. The summed E-state index contributed by atoms with van der Waals surface area (Å²) in [5.41, 5.74) is 0. The van der Waals surface area contributed by atoms with Crippen LogP contribution in [0, 0.1) is 0 Å². The van der Waals surface area contributed by atoms with Crippen molar-refractivity contribution in [2.75, 3.05) is 20.1 Å². The highest BCUT2D eigenvalue weighted by molar-refractivity contribution is 7.80. The van der Waals surface area contributed by atoms with Gasteiger partial charge in [-0.25, -0.2) is 0 Å². The molecule has 0 radical (unpaired) electrons. The van der Waals surface area contributed by atoms with E-state index in [1.54, 1.807) is 11.9 Å². The van der Waals surface area contributed by atoms with Gasteiger partial charge in [-0.1, -0.05) is 0 Å². The van der Waals surface area contributed by atoms with Crippen molar-refractivity contribution in [3.05, 3.63) is 0 Å². The molecule has 0 aromatic rings. The lowest BCUT2D eigenvalue weighted by molar-refractivity contribution is -0.139. The van der Waals surface area contributed by atoms with Crippen molar-refractivity contribution >= 4 is 29.2 Å². The number of likely N-dealkylation sites (N-methyl/N-ethyl adjacent to an activating group) is 1. The Morgan fingerprint density at radius 2 is 2.31 bits per heavy atom. The molecule has 3 N–H and O–H groups in total. The number of hydrogen-bond acceptors (Lipinski definition) is 4. The number of nitrogens with zero attached hydrogens (tertiary/aromatic N) is 1. The van der Waals surface area contributed by atoms with Gasteiger partial charge in [-0.3, -0.25) is 9.59 Å². The third-order valence-electron chi connectivity index (χ3n) is 2.33. The van der Waals surface area contributed by atoms with Crippen molar-refractivity contribution in [1.82, 2.24) is 15.5 Å². The van der Waals surface area contributed by atoms with Gasteiger partial charge in [0.15, 0.2) is 5.11 Å². The Balaban J connectivity index is 0.000000160. The van der Waals surface area contributed by atoms with Crippen molar-refractivity contribution in [2.24, 2.45) is 0 Å². The fraction of sp³-hybridized carbons (Fsp3) is 0.667. The summed E-state index contributed by atoms with van der Waals surface area (Å²) in [5.74, 6) is -0.736. The molecule has 16 heavy (non-hydrogen) atoms. The lowest BCUT2D eigenvalue weighted by Crippen LogP contribution is -2.29. The summed E-state index contributed by atoms with van der Waals surface area (Å²) in [7, 11) is 1.78. The molecule has 0 aliphatic carbocycles. The number of rotatable bonds is 1. The Morgan fingerprint density at radius 1 is 1.62 bits per heavy atom.